The molecule has 0 heterocycles. The molecule has 0 N–H and O–H groups in total. The minimum absolute atomic E-state index is 0.205. The lowest BCUT2D eigenvalue weighted by atomic mass is 10.3. The van der Waals surface area contributed by atoms with Gasteiger partial charge in [0.2, 0.25) is 0 Å². The predicted molar refractivity (Wildman–Crippen MR) is 55.0 cm³/mol. The molecule has 0 amide bonds. The highest BCUT2D eigenvalue weighted by atomic mass is 35.5. The summed E-state index contributed by atoms with van der Waals surface area (Å²) >= 11 is 5.17. The zero-order chi connectivity index (χ0) is 11.5. The molecule has 0 atom stereocenters. The highest BCUT2D eigenvalue weighted by molar-refractivity contribution is 6.26. The van der Waals surface area contributed by atoms with Crippen molar-refractivity contribution in [3.63, 3.8) is 0 Å². The first-order chi connectivity index (χ1) is 7.20. The maximum absolute atomic E-state index is 10.8. The van der Waals surface area contributed by atoms with E-state index in [-0.39, 0.29) is 18.3 Å². The smallest absolute Gasteiger partial charge is 0.326 e. The summed E-state index contributed by atoms with van der Waals surface area (Å²) < 4.78 is 8.94. The van der Waals surface area contributed by atoms with Gasteiger partial charge in [0.1, 0.15) is 12.1 Å². The molecule has 4 nitrogen and oxygen atoms in total. The van der Waals surface area contributed by atoms with Crippen molar-refractivity contribution >= 4 is 23.5 Å². The molecule has 0 aromatic rings. The SMILES string of the molecule is C=COC(=O)CCC=C=COC(=O)CCl. The summed E-state index contributed by atoms with van der Waals surface area (Å²) in [5.74, 6) is -1.13. The molecule has 0 aliphatic heterocycles. The number of allylic oxidation sites excluding steroid dienone is 1. The van der Waals surface area contributed by atoms with Crippen molar-refractivity contribution in [3.8, 4) is 0 Å². The quantitative estimate of drug-likeness (QED) is 0.303. The first-order valence-corrected chi connectivity index (χ1v) is 4.69. The molecule has 0 saturated heterocycles. The standard InChI is InChI=1S/C10H11ClO4/c1-2-14-9(12)6-4-3-5-7-15-10(13)8-11/h2-3,7H,1,4,6,8H2. The summed E-state index contributed by atoms with van der Waals surface area (Å²) in [7, 11) is 0. The third-order valence-electron chi connectivity index (χ3n) is 1.19. The maximum atomic E-state index is 10.8. The number of halogens is 1. The summed E-state index contributed by atoms with van der Waals surface area (Å²) in [6, 6.07) is 0. The maximum Gasteiger partial charge on any atom is 0.326 e. The molecule has 15 heavy (non-hydrogen) atoms. The van der Waals surface area contributed by atoms with Crippen molar-refractivity contribution in [3.05, 3.63) is 30.9 Å². The van der Waals surface area contributed by atoms with Gasteiger partial charge in [-0.15, -0.1) is 11.6 Å². The van der Waals surface area contributed by atoms with Crippen LogP contribution >= 0.6 is 11.6 Å². The lowest BCUT2D eigenvalue weighted by molar-refractivity contribution is -0.138. The molecule has 0 spiro atoms. The van der Waals surface area contributed by atoms with Gasteiger partial charge in [-0.1, -0.05) is 12.3 Å². The summed E-state index contributed by atoms with van der Waals surface area (Å²) in [6.07, 6.45) is 4.37. The fraction of sp³-hybridized carbons (Fsp3) is 0.300. The van der Waals surface area contributed by atoms with Crippen LogP contribution in [0, 0.1) is 0 Å². The number of rotatable bonds is 6. The van der Waals surface area contributed by atoms with E-state index in [1.165, 1.54) is 0 Å². The Morgan fingerprint density at radius 3 is 2.67 bits per heavy atom. The second-order valence-corrected chi connectivity index (χ2v) is 2.57. The first-order valence-electron chi connectivity index (χ1n) is 4.16. The molecule has 0 aliphatic rings. The van der Waals surface area contributed by atoms with Gasteiger partial charge < -0.3 is 9.47 Å². The lowest BCUT2D eigenvalue weighted by Crippen LogP contribution is -1.99. The zero-order valence-corrected chi connectivity index (χ0v) is 8.83. The number of carbonyl (C=O) groups excluding carboxylic acids is 2. The average molecular weight is 231 g/mol. The van der Waals surface area contributed by atoms with Gasteiger partial charge in [0, 0.05) is 6.42 Å². The first kappa shape index (κ1) is 13.5. The molecule has 0 aromatic carbocycles. The van der Waals surface area contributed by atoms with E-state index in [4.69, 9.17) is 11.6 Å². The molecule has 0 rings (SSSR count). The second kappa shape index (κ2) is 9.06. The van der Waals surface area contributed by atoms with Gasteiger partial charge in [0.15, 0.2) is 0 Å². The number of esters is 2. The Kier molecular flexibility index (Phi) is 8.15. The summed E-state index contributed by atoms with van der Waals surface area (Å²) in [5, 5.41) is 0. The van der Waals surface area contributed by atoms with E-state index in [2.05, 4.69) is 21.8 Å². The van der Waals surface area contributed by atoms with Crippen LogP contribution in [-0.2, 0) is 19.1 Å². The van der Waals surface area contributed by atoms with Crippen LogP contribution in [0.2, 0.25) is 0 Å². The van der Waals surface area contributed by atoms with Gasteiger partial charge >= 0.3 is 11.9 Å². The van der Waals surface area contributed by atoms with Crippen molar-refractivity contribution in [2.75, 3.05) is 5.88 Å². The topological polar surface area (TPSA) is 52.6 Å². The van der Waals surface area contributed by atoms with E-state index >= 15 is 0 Å². The molecule has 0 unspecified atom stereocenters. The highest BCUT2D eigenvalue weighted by Gasteiger charge is 1.96. The summed E-state index contributed by atoms with van der Waals surface area (Å²) in [6.45, 7) is 3.24. The van der Waals surface area contributed by atoms with E-state index in [9.17, 15) is 9.59 Å². The van der Waals surface area contributed by atoms with Crippen molar-refractivity contribution in [2.24, 2.45) is 0 Å². The number of carbonyl (C=O) groups is 2. The molecule has 0 aromatic heterocycles. The third kappa shape index (κ3) is 8.81. The monoisotopic (exact) mass is 230 g/mol. The van der Waals surface area contributed by atoms with E-state index in [0.29, 0.717) is 6.42 Å². The normalized spacial score (nSPS) is 8.33. The Morgan fingerprint density at radius 2 is 2.07 bits per heavy atom. The van der Waals surface area contributed by atoms with E-state index < -0.39 is 5.97 Å². The zero-order valence-electron chi connectivity index (χ0n) is 8.07. The Bertz CT molecular complexity index is 290. The van der Waals surface area contributed by atoms with Crippen molar-refractivity contribution < 1.29 is 19.1 Å². The number of alkyl halides is 1. The molecular formula is C10H11ClO4. The minimum atomic E-state index is -0.552. The largest absolute Gasteiger partial charge is 0.435 e. The van der Waals surface area contributed by atoms with E-state index in [1.807, 2.05) is 0 Å². The molecule has 0 fully saturated rings. The van der Waals surface area contributed by atoms with Crippen LogP contribution in [0.4, 0.5) is 0 Å². The van der Waals surface area contributed by atoms with Crippen LogP contribution in [-0.4, -0.2) is 17.8 Å². The number of ether oxygens (including phenoxy) is 2. The van der Waals surface area contributed by atoms with Crippen molar-refractivity contribution in [1.29, 1.82) is 0 Å². The predicted octanol–water partition coefficient (Wildman–Crippen LogP) is 1.90. The van der Waals surface area contributed by atoms with Crippen molar-refractivity contribution in [2.45, 2.75) is 12.8 Å². The Balaban J connectivity index is 3.66. The molecule has 0 aliphatic carbocycles. The van der Waals surface area contributed by atoms with Gasteiger partial charge in [0.25, 0.3) is 0 Å². The lowest BCUT2D eigenvalue weighted by Gasteiger charge is -1.93. The minimum Gasteiger partial charge on any atom is -0.435 e. The number of hydrogen-bond donors (Lipinski definition) is 0. The molecule has 82 valence electrons. The second-order valence-electron chi connectivity index (χ2n) is 2.31. The molecule has 0 saturated carbocycles. The molecule has 0 bridgehead atoms. The summed E-state index contributed by atoms with van der Waals surface area (Å²) in [5.41, 5.74) is 2.56. The van der Waals surface area contributed by atoms with Crippen LogP contribution in [0.15, 0.2) is 30.9 Å². The Labute approximate surface area is 92.8 Å². The number of hydrogen-bond acceptors (Lipinski definition) is 4. The average Bonchev–Trinajstić information content (AvgIpc) is 2.23. The fourth-order valence-electron chi connectivity index (χ4n) is 0.605. The fourth-order valence-corrected chi connectivity index (χ4v) is 0.668. The van der Waals surface area contributed by atoms with Gasteiger partial charge in [0.05, 0.1) is 6.26 Å². The van der Waals surface area contributed by atoms with Crippen molar-refractivity contribution in [1.82, 2.24) is 0 Å². The summed E-state index contributed by atoms with van der Waals surface area (Å²) in [4.78, 5) is 21.3. The Hall–Kier alpha value is -1.51. The third-order valence-corrected chi connectivity index (χ3v) is 1.41. The molecule has 5 heteroatoms. The van der Waals surface area contributed by atoms with Gasteiger partial charge in [-0.3, -0.25) is 9.59 Å². The van der Waals surface area contributed by atoms with Crippen LogP contribution in [0.25, 0.3) is 0 Å². The van der Waals surface area contributed by atoms with Crippen LogP contribution < -0.4 is 0 Å². The van der Waals surface area contributed by atoms with Crippen LogP contribution in [0.1, 0.15) is 12.8 Å². The van der Waals surface area contributed by atoms with Crippen LogP contribution in [0.5, 0.6) is 0 Å². The van der Waals surface area contributed by atoms with Crippen LogP contribution in [0.3, 0.4) is 0 Å². The van der Waals surface area contributed by atoms with Gasteiger partial charge in [-0.25, -0.2) is 0 Å². The van der Waals surface area contributed by atoms with Gasteiger partial charge in [-0.2, -0.15) is 0 Å². The highest BCUT2D eigenvalue weighted by Crippen LogP contribution is 1.93. The van der Waals surface area contributed by atoms with E-state index in [0.717, 1.165) is 12.5 Å². The molecule has 0 radical (unpaired) electrons. The van der Waals surface area contributed by atoms with Gasteiger partial charge in [-0.05, 0) is 12.5 Å². The van der Waals surface area contributed by atoms with E-state index in [1.54, 1.807) is 6.08 Å². The molecular weight excluding hydrogens is 220 g/mol. The Morgan fingerprint density at radius 1 is 1.33 bits per heavy atom.